The molecule has 1 aromatic rings. The molecule has 0 unspecified atom stereocenters. The maximum absolute atomic E-state index is 12.1. The van der Waals surface area contributed by atoms with Crippen molar-refractivity contribution < 1.29 is 13.2 Å². The van der Waals surface area contributed by atoms with E-state index >= 15 is 0 Å². The largest absolute Gasteiger partial charge is 0.417 e. The molecule has 78 valence electrons. The van der Waals surface area contributed by atoms with Crippen LogP contribution < -0.4 is 5.32 Å². The average molecular weight is 204 g/mol. The van der Waals surface area contributed by atoms with E-state index in [1.54, 1.807) is 7.05 Å². The van der Waals surface area contributed by atoms with Gasteiger partial charge < -0.3 is 5.32 Å². The van der Waals surface area contributed by atoms with Crippen molar-refractivity contribution in [2.24, 2.45) is 0 Å². The number of hydrogen-bond acceptors (Lipinski definition) is 2. The Bertz CT molecular complexity index is 292. The summed E-state index contributed by atoms with van der Waals surface area (Å²) < 4.78 is 36.4. The van der Waals surface area contributed by atoms with E-state index in [4.69, 9.17) is 0 Å². The number of pyridine rings is 1. The molecule has 1 heterocycles. The van der Waals surface area contributed by atoms with E-state index in [9.17, 15) is 13.2 Å². The number of nitrogens with one attached hydrogen (secondary N) is 1. The fourth-order valence-corrected chi connectivity index (χ4v) is 0.977. The first-order valence-corrected chi connectivity index (χ1v) is 4.15. The summed E-state index contributed by atoms with van der Waals surface area (Å²) >= 11 is 0. The minimum absolute atomic E-state index is 0.0442. The van der Waals surface area contributed by atoms with Gasteiger partial charge in [0.25, 0.3) is 0 Å². The number of nitrogens with zero attached hydrogens (tertiary/aromatic N) is 1. The zero-order chi connectivity index (χ0) is 10.8. The predicted octanol–water partition coefficient (Wildman–Crippen LogP) is 2.38. The Kier molecular flexibility index (Phi) is 3.10. The van der Waals surface area contributed by atoms with E-state index in [1.807, 2.05) is 6.92 Å². The minimum atomic E-state index is -4.31. The molecule has 14 heavy (non-hydrogen) atoms. The molecule has 1 N–H and O–H groups in total. The SMILES string of the molecule is CN[C@@H](C)c1ccc(C(F)(F)F)cn1. The standard InChI is InChI=1S/C9H11F3N2/c1-6(13-2)8-4-3-7(5-14-8)9(10,11)12/h3-6,13H,1-2H3/t6-/m0/s1. The predicted molar refractivity (Wildman–Crippen MR) is 46.7 cm³/mol. The minimum Gasteiger partial charge on any atom is -0.312 e. The average Bonchev–Trinajstić information content (AvgIpc) is 2.15. The summed E-state index contributed by atoms with van der Waals surface area (Å²) in [5.41, 5.74) is -0.120. The van der Waals surface area contributed by atoms with E-state index in [-0.39, 0.29) is 6.04 Å². The van der Waals surface area contributed by atoms with E-state index in [0.29, 0.717) is 5.69 Å². The summed E-state index contributed by atoms with van der Waals surface area (Å²) in [6, 6.07) is 2.37. The number of rotatable bonds is 2. The second-order valence-corrected chi connectivity index (χ2v) is 2.98. The van der Waals surface area contributed by atoms with E-state index < -0.39 is 11.7 Å². The second-order valence-electron chi connectivity index (χ2n) is 2.98. The van der Waals surface area contributed by atoms with Crippen LogP contribution in [0.2, 0.25) is 0 Å². The highest BCUT2D eigenvalue weighted by Crippen LogP contribution is 2.28. The highest BCUT2D eigenvalue weighted by Gasteiger charge is 2.30. The molecule has 2 nitrogen and oxygen atoms in total. The molecule has 0 saturated heterocycles. The Morgan fingerprint density at radius 1 is 1.36 bits per heavy atom. The van der Waals surface area contributed by atoms with E-state index in [1.165, 1.54) is 6.07 Å². The van der Waals surface area contributed by atoms with Crippen molar-refractivity contribution in [3.63, 3.8) is 0 Å². The van der Waals surface area contributed by atoms with Crippen LogP contribution in [0, 0.1) is 0 Å². The van der Waals surface area contributed by atoms with Crippen molar-refractivity contribution in [1.29, 1.82) is 0 Å². The maximum Gasteiger partial charge on any atom is 0.417 e. The number of hydrogen-bond donors (Lipinski definition) is 1. The van der Waals surface area contributed by atoms with Gasteiger partial charge in [-0.1, -0.05) is 0 Å². The molecule has 5 heteroatoms. The Labute approximate surface area is 80.2 Å². The summed E-state index contributed by atoms with van der Waals surface area (Å²) in [6.07, 6.45) is -3.46. The Balaban J connectivity index is 2.89. The number of aromatic nitrogens is 1. The summed E-state index contributed by atoms with van der Waals surface area (Å²) in [6.45, 7) is 1.83. The molecule has 0 aromatic carbocycles. The fourth-order valence-electron chi connectivity index (χ4n) is 0.977. The topological polar surface area (TPSA) is 24.9 Å². The second kappa shape index (κ2) is 3.96. The normalized spacial score (nSPS) is 14.1. The van der Waals surface area contributed by atoms with Gasteiger partial charge in [-0.25, -0.2) is 0 Å². The summed E-state index contributed by atoms with van der Waals surface area (Å²) in [5.74, 6) is 0. The third kappa shape index (κ3) is 2.45. The van der Waals surface area contributed by atoms with Crippen molar-refractivity contribution in [3.8, 4) is 0 Å². The first-order valence-electron chi connectivity index (χ1n) is 4.15. The van der Waals surface area contributed by atoms with Crippen LogP contribution in [0.4, 0.5) is 13.2 Å². The van der Waals surface area contributed by atoms with Gasteiger partial charge in [0.2, 0.25) is 0 Å². The van der Waals surface area contributed by atoms with Gasteiger partial charge in [-0.2, -0.15) is 13.2 Å². The zero-order valence-electron chi connectivity index (χ0n) is 7.89. The third-order valence-electron chi connectivity index (χ3n) is 1.99. The maximum atomic E-state index is 12.1. The first kappa shape index (κ1) is 11.0. The first-order chi connectivity index (χ1) is 6.45. The molecule has 0 aliphatic heterocycles. The molecule has 1 atom stereocenters. The van der Waals surface area contributed by atoms with Crippen LogP contribution in [0.15, 0.2) is 18.3 Å². The highest BCUT2D eigenvalue weighted by molar-refractivity contribution is 5.18. The third-order valence-corrected chi connectivity index (χ3v) is 1.99. The van der Waals surface area contributed by atoms with Gasteiger partial charge in [-0.15, -0.1) is 0 Å². The molecule has 0 aliphatic carbocycles. The number of halogens is 3. The van der Waals surface area contributed by atoms with Crippen molar-refractivity contribution >= 4 is 0 Å². The van der Waals surface area contributed by atoms with Crippen LogP contribution in [0.3, 0.4) is 0 Å². The Morgan fingerprint density at radius 3 is 2.36 bits per heavy atom. The van der Waals surface area contributed by atoms with Gasteiger partial charge in [0.1, 0.15) is 0 Å². The molecule has 0 fully saturated rings. The molecule has 1 aromatic heterocycles. The molecule has 0 spiro atoms. The van der Waals surface area contributed by atoms with Crippen molar-refractivity contribution in [2.45, 2.75) is 19.1 Å². The van der Waals surface area contributed by atoms with E-state index in [0.717, 1.165) is 12.3 Å². The van der Waals surface area contributed by atoms with Crippen molar-refractivity contribution in [1.82, 2.24) is 10.3 Å². The molecule has 1 rings (SSSR count). The lowest BCUT2D eigenvalue weighted by Gasteiger charge is -2.11. The van der Waals surface area contributed by atoms with Gasteiger partial charge >= 0.3 is 6.18 Å². The lowest BCUT2D eigenvalue weighted by molar-refractivity contribution is -0.137. The van der Waals surface area contributed by atoms with E-state index in [2.05, 4.69) is 10.3 Å². The van der Waals surface area contributed by atoms with Gasteiger partial charge in [0.05, 0.1) is 11.3 Å². The molecular formula is C9H11F3N2. The Hall–Kier alpha value is -1.10. The summed E-state index contributed by atoms with van der Waals surface area (Å²) in [4.78, 5) is 3.73. The van der Waals surface area contributed by atoms with Crippen LogP contribution in [0.5, 0.6) is 0 Å². The van der Waals surface area contributed by atoms with Gasteiger partial charge in [0.15, 0.2) is 0 Å². The molecule has 0 radical (unpaired) electrons. The van der Waals surface area contributed by atoms with Gasteiger partial charge in [-0.3, -0.25) is 4.98 Å². The van der Waals surface area contributed by atoms with Crippen molar-refractivity contribution in [3.05, 3.63) is 29.6 Å². The Morgan fingerprint density at radius 2 is 2.00 bits per heavy atom. The molecular weight excluding hydrogens is 193 g/mol. The van der Waals surface area contributed by atoms with Crippen LogP contribution in [-0.4, -0.2) is 12.0 Å². The summed E-state index contributed by atoms with van der Waals surface area (Å²) in [5, 5.41) is 2.90. The van der Waals surface area contributed by atoms with Gasteiger partial charge in [0, 0.05) is 12.2 Å². The van der Waals surface area contributed by atoms with Crippen molar-refractivity contribution in [2.75, 3.05) is 7.05 Å². The van der Waals surface area contributed by atoms with Crippen LogP contribution in [0.25, 0.3) is 0 Å². The summed E-state index contributed by atoms with van der Waals surface area (Å²) in [7, 11) is 1.73. The number of alkyl halides is 3. The lowest BCUT2D eigenvalue weighted by atomic mass is 10.2. The molecule has 0 bridgehead atoms. The van der Waals surface area contributed by atoms with Crippen LogP contribution in [0.1, 0.15) is 24.2 Å². The van der Waals surface area contributed by atoms with Crippen LogP contribution >= 0.6 is 0 Å². The fraction of sp³-hybridized carbons (Fsp3) is 0.444. The van der Waals surface area contributed by atoms with Crippen LogP contribution in [-0.2, 0) is 6.18 Å². The zero-order valence-corrected chi connectivity index (χ0v) is 7.89. The molecule has 0 amide bonds. The molecule has 0 saturated carbocycles. The smallest absolute Gasteiger partial charge is 0.312 e. The quantitative estimate of drug-likeness (QED) is 0.800. The molecule has 0 aliphatic rings. The lowest BCUT2D eigenvalue weighted by Crippen LogP contribution is -2.14. The highest BCUT2D eigenvalue weighted by atomic mass is 19.4. The van der Waals surface area contributed by atoms with Gasteiger partial charge in [-0.05, 0) is 26.1 Å². The monoisotopic (exact) mass is 204 g/mol.